The fraction of sp³-hybridized carbons (Fsp3) is 0.923. The Morgan fingerprint density at radius 1 is 1.25 bits per heavy atom. The molecule has 0 bridgehead atoms. The summed E-state index contributed by atoms with van der Waals surface area (Å²) in [5.74, 6) is 0.0639. The van der Waals surface area contributed by atoms with E-state index in [1.54, 1.807) is 6.92 Å². The van der Waals surface area contributed by atoms with Gasteiger partial charge in [0.2, 0.25) is 15.9 Å². The molecule has 2 aliphatic heterocycles. The van der Waals surface area contributed by atoms with Crippen LogP contribution in [0.5, 0.6) is 0 Å². The van der Waals surface area contributed by atoms with Gasteiger partial charge in [0, 0.05) is 45.6 Å². The minimum absolute atomic E-state index is 0.00604. The zero-order valence-corrected chi connectivity index (χ0v) is 13.0. The van der Waals surface area contributed by atoms with Gasteiger partial charge in [-0.3, -0.25) is 4.79 Å². The van der Waals surface area contributed by atoms with Crippen molar-refractivity contribution in [3.8, 4) is 0 Å². The summed E-state index contributed by atoms with van der Waals surface area (Å²) < 4.78 is 24.8. The van der Waals surface area contributed by atoms with E-state index in [1.165, 1.54) is 10.6 Å². The zero-order valence-electron chi connectivity index (χ0n) is 12.2. The van der Waals surface area contributed by atoms with Gasteiger partial charge in [0.05, 0.1) is 6.26 Å². The first kappa shape index (κ1) is 15.7. The predicted molar refractivity (Wildman–Crippen MR) is 75.5 cm³/mol. The Kier molecular flexibility index (Phi) is 4.41. The normalized spacial score (nSPS) is 27.8. The lowest BCUT2D eigenvalue weighted by molar-refractivity contribution is -0.132. The van der Waals surface area contributed by atoms with E-state index in [0.29, 0.717) is 26.2 Å². The van der Waals surface area contributed by atoms with Crippen molar-refractivity contribution >= 4 is 15.9 Å². The molecule has 7 heteroatoms. The summed E-state index contributed by atoms with van der Waals surface area (Å²) in [6, 6.07) is 0. The van der Waals surface area contributed by atoms with Gasteiger partial charge in [-0.1, -0.05) is 0 Å². The largest absolute Gasteiger partial charge is 0.396 e. The second kappa shape index (κ2) is 5.61. The van der Waals surface area contributed by atoms with Crippen molar-refractivity contribution in [2.75, 3.05) is 39.0 Å². The summed E-state index contributed by atoms with van der Waals surface area (Å²) in [6.45, 7) is 3.93. The maximum absolute atomic E-state index is 11.7. The first-order chi connectivity index (χ1) is 9.28. The summed E-state index contributed by atoms with van der Waals surface area (Å²) in [6.07, 6.45) is 3.71. The number of aliphatic hydroxyl groups excluding tert-OH is 1. The van der Waals surface area contributed by atoms with E-state index in [0.717, 1.165) is 19.3 Å². The van der Waals surface area contributed by atoms with Gasteiger partial charge in [0.25, 0.3) is 0 Å². The Hall–Kier alpha value is -0.660. The summed E-state index contributed by atoms with van der Waals surface area (Å²) in [4.78, 5) is 13.2. The number of carbonyl (C=O) groups excluding carboxylic acids is 1. The summed E-state index contributed by atoms with van der Waals surface area (Å²) >= 11 is 0. The molecule has 2 aliphatic rings. The van der Waals surface area contributed by atoms with Crippen LogP contribution in [0.25, 0.3) is 0 Å². The molecular formula is C13H24N2O4S. The summed E-state index contributed by atoms with van der Waals surface area (Å²) in [7, 11) is -3.19. The summed E-state index contributed by atoms with van der Waals surface area (Å²) in [5, 5.41) is 9.67. The van der Waals surface area contributed by atoms with Crippen LogP contribution in [0.3, 0.4) is 0 Å². The molecule has 0 aliphatic carbocycles. The molecule has 0 radical (unpaired) electrons. The lowest BCUT2D eigenvalue weighted by atomic mass is 9.65. The molecule has 0 aromatic heterocycles. The quantitative estimate of drug-likeness (QED) is 0.772. The van der Waals surface area contributed by atoms with Gasteiger partial charge in [-0.05, 0) is 24.7 Å². The molecule has 0 aromatic rings. The SMILES string of the molecule is CC(=O)N1CCC2(CC1)CCN(S(C)(=O)=O)C[C@@H]2CO. The van der Waals surface area contributed by atoms with Crippen molar-refractivity contribution in [3.05, 3.63) is 0 Å². The highest BCUT2D eigenvalue weighted by Gasteiger charge is 2.46. The van der Waals surface area contributed by atoms with Gasteiger partial charge >= 0.3 is 0 Å². The molecule has 2 rings (SSSR count). The van der Waals surface area contributed by atoms with Gasteiger partial charge in [0.1, 0.15) is 0 Å². The molecule has 6 nitrogen and oxygen atoms in total. The third-order valence-electron chi connectivity index (χ3n) is 5.04. The van der Waals surface area contributed by atoms with E-state index < -0.39 is 10.0 Å². The van der Waals surface area contributed by atoms with Gasteiger partial charge < -0.3 is 10.0 Å². The first-order valence-corrected chi connectivity index (χ1v) is 8.95. The van der Waals surface area contributed by atoms with Gasteiger partial charge in [0.15, 0.2) is 0 Å². The molecule has 1 amide bonds. The highest BCUT2D eigenvalue weighted by Crippen LogP contribution is 2.45. The minimum atomic E-state index is -3.19. The van der Waals surface area contributed by atoms with E-state index in [2.05, 4.69) is 0 Å². The standard InChI is InChI=1S/C13H24N2O4S/c1-11(17)14-6-3-13(4-7-14)5-8-15(20(2,18)19)9-12(13)10-16/h12,16H,3-10H2,1-2H3/t12-/m1/s1. The number of amides is 1. The molecule has 0 aromatic carbocycles. The van der Waals surface area contributed by atoms with Crippen molar-refractivity contribution in [1.29, 1.82) is 0 Å². The number of piperidine rings is 2. The van der Waals surface area contributed by atoms with E-state index in [-0.39, 0.29) is 23.8 Å². The maximum atomic E-state index is 11.7. The topological polar surface area (TPSA) is 77.9 Å². The van der Waals surface area contributed by atoms with Crippen LogP contribution in [0.1, 0.15) is 26.2 Å². The van der Waals surface area contributed by atoms with Gasteiger partial charge in [-0.2, -0.15) is 0 Å². The van der Waals surface area contributed by atoms with Crippen LogP contribution in [0.4, 0.5) is 0 Å². The second-order valence-electron chi connectivity index (χ2n) is 6.12. The Morgan fingerprint density at radius 3 is 2.25 bits per heavy atom. The monoisotopic (exact) mass is 304 g/mol. The average Bonchev–Trinajstić information content (AvgIpc) is 2.38. The smallest absolute Gasteiger partial charge is 0.219 e. The van der Waals surface area contributed by atoms with E-state index in [4.69, 9.17) is 0 Å². The van der Waals surface area contributed by atoms with Crippen LogP contribution >= 0.6 is 0 Å². The number of sulfonamides is 1. The second-order valence-corrected chi connectivity index (χ2v) is 8.10. The number of hydrogen-bond acceptors (Lipinski definition) is 4. The van der Waals surface area contributed by atoms with Gasteiger partial charge in [-0.15, -0.1) is 0 Å². The van der Waals surface area contributed by atoms with Crippen LogP contribution in [0.2, 0.25) is 0 Å². The van der Waals surface area contributed by atoms with Gasteiger partial charge in [-0.25, -0.2) is 12.7 Å². The predicted octanol–water partition coefficient (Wildman–Crippen LogP) is -0.111. The Labute approximate surface area is 120 Å². The molecular weight excluding hydrogens is 280 g/mol. The number of aliphatic hydroxyl groups is 1. The van der Waals surface area contributed by atoms with Crippen LogP contribution < -0.4 is 0 Å². The number of carbonyl (C=O) groups is 1. The fourth-order valence-electron chi connectivity index (χ4n) is 3.56. The van der Waals surface area contributed by atoms with E-state index in [1.807, 2.05) is 4.90 Å². The maximum Gasteiger partial charge on any atom is 0.219 e. The molecule has 1 N–H and O–H groups in total. The van der Waals surface area contributed by atoms with Crippen LogP contribution in [0.15, 0.2) is 0 Å². The molecule has 2 heterocycles. The number of likely N-dealkylation sites (tertiary alicyclic amines) is 1. The number of rotatable bonds is 2. The Balaban J connectivity index is 2.08. The molecule has 0 saturated carbocycles. The third-order valence-corrected chi connectivity index (χ3v) is 6.31. The van der Waals surface area contributed by atoms with Crippen LogP contribution in [-0.2, 0) is 14.8 Å². The van der Waals surface area contributed by atoms with Crippen molar-refractivity contribution in [3.63, 3.8) is 0 Å². The fourth-order valence-corrected chi connectivity index (χ4v) is 4.43. The zero-order chi connectivity index (χ0) is 15.0. The van der Waals surface area contributed by atoms with Crippen molar-refractivity contribution < 1.29 is 18.3 Å². The molecule has 116 valence electrons. The highest BCUT2D eigenvalue weighted by molar-refractivity contribution is 7.88. The molecule has 20 heavy (non-hydrogen) atoms. The number of nitrogens with zero attached hydrogens (tertiary/aromatic N) is 2. The van der Waals surface area contributed by atoms with Crippen LogP contribution in [0, 0.1) is 11.3 Å². The lowest BCUT2D eigenvalue weighted by Gasteiger charge is -2.50. The van der Waals surface area contributed by atoms with Crippen molar-refractivity contribution in [2.24, 2.45) is 11.3 Å². The van der Waals surface area contributed by atoms with Crippen LogP contribution in [-0.4, -0.2) is 67.7 Å². The molecule has 1 atom stereocenters. The molecule has 1 spiro atoms. The van der Waals surface area contributed by atoms with E-state index >= 15 is 0 Å². The third kappa shape index (κ3) is 2.99. The summed E-state index contributed by atoms with van der Waals surface area (Å²) in [5.41, 5.74) is -0.0120. The Morgan fingerprint density at radius 2 is 1.80 bits per heavy atom. The molecule has 0 unspecified atom stereocenters. The molecule has 2 fully saturated rings. The average molecular weight is 304 g/mol. The molecule has 2 saturated heterocycles. The lowest BCUT2D eigenvalue weighted by Crippen LogP contribution is -2.54. The van der Waals surface area contributed by atoms with Crippen molar-refractivity contribution in [1.82, 2.24) is 9.21 Å². The minimum Gasteiger partial charge on any atom is -0.396 e. The Bertz CT molecular complexity index is 469. The van der Waals surface area contributed by atoms with E-state index in [9.17, 15) is 18.3 Å². The van der Waals surface area contributed by atoms with Crippen molar-refractivity contribution in [2.45, 2.75) is 26.2 Å². The number of hydrogen-bond donors (Lipinski definition) is 1. The highest BCUT2D eigenvalue weighted by atomic mass is 32.2. The first-order valence-electron chi connectivity index (χ1n) is 7.10.